The van der Waals surface area contributed by atoms with Crippen molar-refractivity contribution in [2.45, 2.75) is 77.4 Å². The highest BCUT2D eigenvalue weighted by Gasteiger charge is 2.37. The van der Waals surface area contributed by atoms with E-state index in [4.69, 9.17) is 30.3 Å². The second-order valence-electron chi connectivity index (χ2n) is 10.3. The van der Waals surface area contributed by atoms with E-state index in [2.05, 4.69) is 20.4 Å². The van der Waals surface area contributed by atoms with Gasteiger partial charge in [0.2, 0.25) is 12.1 Å². The highest BCUT2D eigenvalue weighted by Crippen LogP contribution is 2.42. The largest absolute Gasteiger partial charge is 0.438 e. The Kier molecular flexibility index (Phi) is 8.74. The van der Waals surface area contributed by atoms with Crippen molar-refractivity contribution in [2.24, 2.45) is 5.41 Å². The average molecular weight is 562 g/mol. The number of rotatable bonds is 10. The number of ether oxygens (including phenoxy) is 3. The number of hydrogen-bond acceptors (Lipinski definition) is 11. The number of aliphatic hydroxyl groups excluding tert-OH is 1. The first kappa shape index (κ1) is 28.2. The van der Waals surface area contributed by atoms with Crippen molar-refractivity contribution in [3.05, 3.63) is 11.5 Å². The van der Waals surface area contributed by atoms with E-state index < -0.39 is 50.6 Å². The monoisotopic (exact) mass is 561 g/mol. The molecule has 4 rings (SSSR count). The minimum absolute atomic E-state index is 0.0695. The molecule has 0 spiro atoms. The summed E-state index contributed by atoms with van der Waals surface area (Å²) in [5.41, 5.74) is -0.297. The van der Waals surface area contributed by atoms with Crippen LogP contribution in [0.25, 0.3) is 11.0 Å². The molecule has 1 aliphatic carbocycles. The number of aliphatic hydroxyl groups is 1. The molecule has 2 aromatic heterocycles. The molecular weight excluding hydrogens is 529 g/mol. The number of carbonyl (C=O) groups is 1. The Morgan fingerprint density at radius 3 is 2.76 bits per heavy atom. The Bertz CT molecular complexity index is 1150. The van der Waals surface area contributed by atoms with Crippen LogP contribution in [0.3, 0.4) is 0 Å². The van der Waals surface area contributed by atoms with Gasteiger partial charge in [-0.1, -0.05) is 12.8 Å². The molecule has 2 fully saturated rings. The van der Waals surface area contributed by atoms with E-state index in [1.165, 1.54) is 17.5 Å². The number of anilines is 1. The van der Waals surface area contributed by atoms with Crippen LogP contribution in [0.2, 0.25) is 5.28 Å². The Hall–Kier alpha value is -1.86. The summed E-state index contributed by atoms with van der Waals surface area (Å²) in [5.74, 6) is 0.0412. The molecule has 1 saturated carbocycles. The molecule has 0 bridgehead atoms. The standard InChI is InChI=1S/C22H33ClN5O8P/c1-22(2,3)20(30)34-11-35-37(31,32)12-33-10-16-15(29)8-17(36-16)28-19-14(9-24-28)18(26-21(23)27-19)25-13-6-4-5-7-13/h9,13,15-17,29H,4-8,10-12H2,1-3H3,(H,31,32)(H,25,26,27)/t15-,16+,17+/m0/s1. The molecule has 0 amide bonds. The van der Waals surface area contributed by atoms with Crippen LogP contribution >= 0.6 is 19.2 Å². The average Bonchev–Trinajstić information content (AvgIpc) is 3.53. The number of esters is 1. The predicted octanol–water partition coefficient (Wildman–Crippen LogP) is 3.21. The molecule has 1 aliphatic heterocycles. The lowest BCUT2D eigenvalue weighted by atomic mass is 9.98. The van der Waals surface area contributed by atoms with Gasteiger partial charge in [0.15, 0.2) is 11.9 Å². The second kappa shape index (κ2) is 11.5. The highest BCUT2D eigenvalue weighted by atomic mass is 35.5. The van der Waals surface area contributed by atoms with Gasteiger partial charge in [0, 0.05) is 12.5 Å². The third-order valence-electron chi connectivity index (χ3n) is 6.19. The van der Waals surface area contributed by atoms with Crippen LogP contribution in [0.15, 0.2) is 6.20 Å². The maximum Gasteiger partial charge on any atom is 0.356 e. The number of hydrogen-bond donors (Lipinski definition) is 3. The maximum absolute atomic E-state index is 12.2. The molecule has 4 atom stereocenters. The van der Waals surface area contributed by atoms with Crippen LogP contribution in [0.5, 0.6) is 0 Å². The summed E-state index contributed by atoms with van der Waals surface area (Å²) in [7, 11) is -4.19. The fourth-order valence-electron chi connectivity index (χ4n) is 4.20. The van der Waals surface area contributed by atoms with Crippen LogP contribution in [0.1, 0.15) is 59.1 Å². The third-order valence-corrected chi connectivity index (χ3v) is 7.38. The van der Waals surface area contributed by atoms with Gasteiger partial charge >= 0.3 is 13.6 Å². The predicted molar refractivity (Wildman–Crippen MR) is 133 cm³/mol. The Morgan fingerprint density at radius 1 is 1.32 bits per heavy atom. The van der Waals surface area contributed by atoms with Crippen LogP contribution in [0, 0.1) is 5.41 Å². The second-order valence-corrected chi connectivity index (χ2v) is 12.4. The topological polar surface area (TPSA) is 167 Å². The van der Waals surface area contributed by atoms with Gasteiger partial charge in [-0.05, 0) is 45.2 Å². The van der Waals surface area contributed by atoms with Gasteiger partial charge in [-0.3, -0.25) is 13.9 Å². The number of carbonyl (C=O) groups excluding carboxylic acids is 1. The van der Waals surface area contributed by atoms with Crippen molar-refractivity contribution in [1.82, 2.24) is 19.7 Å². The van der Waals surface area contributed by atoms with E-state index in [1.54, 1.807) is 27.0 Å². The van der Waals surface area contributed by atoms with Crippen molar-refractivity contribution >= 4 is 42.0 Å². The lowest BCUT2D eigenvalue weighted by Gasteiger charge is -2.19. The quantitative estimate of drug-likeness (QED) is 0.168. The first-order valence-corrected chi connectivity index (χ1v) is 14.3. The Morgan fingerprint density at radius 2 is 2.05 bits per heavy atom. The van der Waals surface area contributed by atoms with E-state index in [0.29, 0.717) is 22.9 Å². The number of nitrogens with one attached hydrogen (secondary N) is 1. The first-order valence-electron chi connectivity index (χ1n) is 12.1. The van der Waals surface area contributed by atoms with Gasteiger partial charge in [0.1, 0.15) is 18.3 Å². The zero-order valence-corrected chi connectivity index (χ0v) is 22.7. The molecule has 0 aromatic carbocycles. The molecular formula is C22H33ClN5O8P. The fraction of sp³-hybridized carbons (Fsp3) is 0.727. The van der Waals surface area contributed by atoms with Crippen LogP contribution in [-0.4, -0.2) is 73.7 Å². The zero-order chi connectivity index (χ0) is 26.8. The number of aromatic nitrogens is 4. The molecule has 13 nitrogen and oxygen atoms in total. The Balaban J connectivity index is 1.32. The summed E-state index contributed by atoms with van der Waals surface area (Å²) in [6.45, 7) is 4.11. The van der Waals surface area contributed by atoms with E-state index >= 15 is 0 Å². The molecule has 2 aliphatic rings. The molecule has 3 heterocycles. The molecule has 3 N–H and O–H groups in total. The minimum Gasteiger partial charge on any atom is -0.438 e. The smallest absolute Gasteiger partial charge is 0.356 e. The van der Waals surface area contributed by atoms with Gasteiger partial charge in [0.05, 0.1) is 29.7 Å². The zero-order valence-electron chi connectivity index (χ0n) is 21.0. The van der Waals surface area contributed by atoms with Gasteiger partial charge in [-0.15, -0.1) is 0 Å². The van der Waals surface area contributed by atoms with E-state index in [-0.39, 0.29) is 18.3 Å². The SMILES string of the molecule is CC(C)(C)C(=O)OCOP(=O)(O)COC[C@H]1O[C@@H](n2ncc3c(NC4CCCC4)nc(Cl)nc32)C[C@@H]1O. The Labute approximate surface area is 219 Å². The first-order chi connectivity index (χ1) is 17.4. The van der Waals surface area contributed by atoms with Crippen molar-refractivity contribution in [3.8, 4) is 0 Å². The van der Waals surface area contributed by atoms with Gasteiger partial charge < -0.3 is 29.5 Å². The minimum atomic E-state index is -4.19. The summed E-state index contributed by atoms with van der Waals surface area (Å²) in [5, 5.41) is 19.1. The molecule has 0 radical (unpaired) electrons. The summed E-state index contributed by atoms with van der Waals surface area (Å²) in [6, 6.07) is 0.320. The van der Waals surface area contributed by atoms with Crippen LogP contribution in [0.4, 0.5) is 5.82 Å². The van der Waals surface area contributed by atoms with E-state index in [0.717, 1.165) is 12.8 Å². The van der Waals surface area contributed by atoms with Crippen molar-refractivity contribution in [1.29, 1.82) is 0 Å². The van der Waals surface area contributed by atoms with Crippen molar-refractivity contribution in [3.63, 3.8) is 0 Å². The highest BCUT2D eigenvalue weighted by molar-refractivity contribution is 7.52. The summed E-state index contributed by atoms with van der Waals surface area (Å²) in [4.78, 5) is 30.3. The number of halogens is 1. The van der Waals surface area contributed by atoms with Gasteiger partial charge in [-0.25, -0.2) is 4.68 Å². The van der Waals surface area contributed by atoms with Gasteiger partial charge in [-0.2, -0.15) is 15.1 Å². The van der Waals surface area contributed by atoms with Crippen molar-refractivity contribution < 1.29 is 38.1 Å². The van der Waals surface area contributed by atoms with Crippen LogP contribution in [-0.2, 0) is 28.1 Å². The van der Waals surface area contributed by atoms with Gasteiger partial charge in [0.25, 0.3) is 0 Å². The summed E-state index contributed by atoms with van der Waals surface area (Å²) >= 11 is 6.19. The normalized spacial score (nSPS) is 24.4. The lowest BCUT2D eigenvalue weighted by molar-refractivity contribution is -0.160. The van der Waals surface area contributed by atoms with Crippen molar-refractivity contribution in [2.75, 3.05) is 25.1 Å². The van der Waals surface area contributed by atoms with E-state index in [9.17, 15) is 19.4 Å². The fourth-order valence-corrected chi connectivity index (χ4v) is 4.99. The number of fused-ring (bicyclic) bond motifs is 1. The molecule has 1 saturated heterocycles. The molecule has 2 aromatic rings. The summed E-state index contributed by atoms with van der Waals surface area (Å²) in [6.07, 6.45) is 3.27. The molecule has 15 heteroatoms. The number of nitrogens with zero attached hydrogens (tertiary/aromatic N) is 4. The molecule has 206 valence electrons. The lowest BCUT2D eigenvalue weighted by Crippen LogP contribution is -2.27. The maximum atomic E-state index is 12.2. The van der Waals surface area contributed by atoms with E-state index in [1.807, 2.05) is 0 Å². The summed E-state index contributed by atoms with van der Waals surface area (Å²) < 4.78 is 34.5. The van der Waals surface area contributed by atoms with Crippen LogP contribution < -0.4 is 5.32 Å². The third kappa shape index (κ3) is 7.17. The molecule has 37 heavy (non-hydrogen) atoms. The molecule has 1 unspecified atom stereocenters.